The van der Waals surface area contributed by atoms with Crippen molar-refractivity contribution in [2.24, 2.45) is 23.5 Å². The van der Waals surface area contributed by atoms with Gasteiger partial charge in [-0.3, -0.25) is 4.79 Å². The highest BCUT2D eigenvalue weighted by molar-refractivity contribution is 5.79. The Hall–Kier alpha value is -0.570. The summed E-state index contributed by atoms with van der Waals surface area (Å²) in [7, 11) is 0. The summed E-state index contributed by atoms with van der Waals surface area (Å²) >= 11 is 0. The van der Waals surface area contributed by atoms with Gasteiger partial charge >= 0.3 is 0 Å². The van der Waals surface area contributed by atoms with Gasteiger partial charge in [-0.1, -0.05) is 26.7 Å². The number of carbonyl (C=O) groups is 1. The Kier molecular flexibility index (Phi) is 4.66. The molecule has 2 aliphatic carbocycles. The van der Waals surface area contributed by atoms with Gasteiger partial charge in [0.1, 0.15) is 0 Å². The molecule has 5 unspecified atom stereocenters. The second-order valence-electron chi connectivity index (χ2n) is 6.63. The zero-order valence-electron chi connectivity index (χ0n) is 11.8. The summed E-state index contributed by atoms with van der Waals surface area (Å²) in [6, 6.07) is 0.633. The van der Waals surface area contributed by atoms with E-state index in [9.17, 15) is 4.79 Å². The van der Waals surface area contributed by atoms with Gasteiger partial charge in [0.2, 0.25) is 5.91 Å². The predicted octanol–water partition coefficient (Wildman–Crippen LogP) is 2.44. The van der Waals surface area contributed by atoms with Crippen LogP contribution in [-0.4, -0.2) is 18.0 Å². The van der Waals surface area contributed by atoms with E-state index < -0.39 is 0 Å². The number of amides is 1. The fraction of sp³-hybridized carbons (Fsp3) is 0.933. The van der Waals surface area contributed by atoms with E-state index in [0.717, 1.165) is 38.0 Å². The maximum Gasteiger partial charge on any atom is 0.223 e. The van der Waals surface area contributed by atoms with Crippen molar-refractivity contribution in [3.05, 3.63) is 0 Å². The average molecular weight is 252 g/mol. The molecule has 2 rings (SSSR count). The van der Waals surface area contributed by atoms with E-state index in [1.54, 1.807) is 0 Å². The molecule has 0 saturated heterocycles. The number of hydrogen-bond donors (Lipinski definition) is 2. The van der Waals surface area contributed by atoms with Crippen LogP contribution in [0.3, 0.4) is 0 Å². The summed E-state index contributed by atoms with van der Waals surface area (Å²) in [4.78, 5) is 12.4. The van der Waals surface area contributed by atoms with E-state index in [1.807, 2.05) is 0 Å². The lowest BCUT2D eigenvalue weighted by molar-refractivity contribution is -0.128. The first-order valence-electron chi connectivity index (χ1n) is 7.62. The Morgan fingerprint density at radius 2 is 1.89 bits per heavy atom. The van der Waals surface area contributed by atoms with Gasteiger partial charge in [-0.25, -0.2) is 0 Å². The Bertz CT molecular complexity index is 292. The van der Waals surface area contributed by atoms with Gasteiger partial charge in [-0.05, 0) is 43.9 Å². The maximum absolute atomic E-state index is 12.4. The van der Waals surface area contributed by atoms with Crippen molar-refractivity contribution in [2.45, 2.75) is 70.9 Å². The van der Waals surface area contributed by atoms with Crippen molar-refractivity contribution in [2.75, 3.05) is 0 Å². The topological polar surface area (TPSA) is 55.1 Å². The number of nitrogens with one attached hydrogen (secondary N) is 1. The minimum absolute atomic E-state index is 0.144. The number of carbonyl (C=O) groups excluding carboxylic acids is 1. The van der Waals surface area contributed by atoms with E-state index in [1.165, 1.54) is 12.8 Å². The van der Waals surface area contributed by atoms with Crippen LogP contribution in [0.5, 0.6) is 0 Å². The third-order valence-corrected chi connectivity index (χ3v) is 4.86. The third kappa shape index (κ3) is 3.47. The Balaban J connectivity index is 1.86. The molecule has 3 nitrogen and oxygen atoms in total. The van der Waals surface area contributed by atoms with Crippen LogP contribution in [0.15, 0.2) is 0 Å². The molecule has 0 radical (unpaired) electrons. The Labute approximate surface area is 111 Å². The lowest BCUT2D eigenvalue weighted by Gasteiger charge is -2.34. The van der Waals surface area contributed by atoms with Crippen LogP contribution in [0.2, 0.25) is 0 Å². The van der Waals surface area contributed by atoms with Crippen LogP contribution in [0, 0.1) is 17.8 Å². The summed E-state index contributed by atoms with van der Waals surface area (Å²) in [5.41, 5.74) is 6.00. The molecule has 104 valence electrons. The zero-order valence-corrected chi connectivity index (χ0v) is 11.8. The molecular weight excluding hydrogens is 224 g/mol. The smallest absolute Gasteiger partial charge is 0.223 e. The molecule has 2 aliphatic rings. The van der Waals surface area contributed by atoms with Gasteiger partial charge < -0.3 is 11.1 Å². The molecule has 5 atom stereocenters. The Morgan fingerprint density at radius 1 is 1.11 bits per heavy atom. The first-order chi connectivity index (χ1) is 8.56. The number of nitrogens with two attached hydrogens (primary N) is 1. The largest absolute Gasteiger partial charge is 0.353 e. The van der Waals surface area contributed by atoms with Crippen molar-refractivity contribution in [3.8, 4) is 0 Å². The highest BCUT2D eigenvalue weighted by Crippen LogP contribution is 2.30. The fourth-order valence-corrected chi connectivity index (χ4v) is 3.59. The summed E-state index contributed by atoms with van der Waals surface area (Å²) in [6.07, 6.45) is 7.92. The standard InChI is InChI=1S/C15H28N2O/c1-10-4-3-5-13(8-10)17-15(18)14-9-12(16)7-6-11(14)2/h10-14H,3-9,16H2,1-2H3,(H,17,18). The van der Waals surface area contributed by atoms with Crippen molar-refractivity contribution in [1.29, 1.82) is 0 Å². The van der Waals surface area contributed by atoms with E-state index in [4.69, 9.17) is 5.73 Å². The van der Waals surface area contributed by atoms with Crippen molar-refractivity contribution in [1.82, 2.24) is 5.32 Å². The van der Waals surface area contributed by atoms with Crippen LogP contribution in [0.1, 0.15) is 58.8 Å². The molecule has 3 N–H and O–H groups in total. The molecule has 0 aromatic heterocycles. The predicted molar refractivity (Wildman–Crippen MR) is 74.0 cm³/mol. The van der Waals surface area contributed by atoms with Gasteiger partial charge in [0.05, 0.1) is 0 Å². The summed E-state index contributed by atoms with van der Waals surface area (Å²) in [5, 5.41) is 3.28. The molecule has 2 fully saturated rings. The van der Waals surface area contributed by atoms with Gasteiger partial charge in [0.25, 0.3) is 0 Å². The zero-order chi connectivity index (χ0) is 13.1. The average Bonchev–Trinajstić information content (AvgIpc) is 2.32. The van der Waals surface area contributed by atoms with Gasteiger partial charge in [-0.2, -0.15) is 0 Å². The summed E-state index contributed by atoms with van der Waals surface area (Å²) < 4.78 is 0. The molecule has 3 heteroatoms. The first kappa shape index (κ1) is 13.9. The highest BCUT2D eigenvalue weighted by atomic mass is 16.2. The Morgan fingerprint density at radius 3 is 2.61 bits per heavy atom. The molecule has 0 aliphatic heterocycles. The van der Waals surface area contributed by atoms with E-state index in [0.29, 0.717) is 12.0 Å². The molecule has 0 bridgehead atoms. The fourth-order valence-electron chi connectivity index (χ4n) is 3.59. The summed E-state index contributed by atoms with van der Waals surface area (Å²) in [6.45, 7) is 4.48. The second kappa shape index (κ2) is 6.05. The third-order valence-electron chi connectivity index (χ3n) is 4.86. The molecule has 18 heavy (non-hydrogen) atoms. The molecular formula is C15H28N2O. The second-order valence-corrected chi connectivity index (χ2v) is 6.63. The van der Waals surface area contributed by atoms with Gasteiger partial charge in [0, 0.05) is 18.0 Å². The molecule has 0 spiro atoms. The van der Waals surface area contributed by atoms with Crippen LogP contribution < -0.4 is 11.1 Å². The molecule has 0 aromatic rings. The molecule has 0 aromatic carbocycles. The maximum atomic E-state index is 12.4. The minimum atomic E-state index is 0.144. The van der Waals surface area contributed by atoms with Crippen LogP contribution >= 0.6 is 0 Å². The summed E-state index contributed by atoms with van der Waals surface area (Å²) in [5.74, 6) is 1.66. The highest BCUT2D eigenvalue weighted by Gasteiger charge is 2.32. The minimum Gasteiger partial charge on any atom is -0.353 e. The van der Waals surface area contributed by atoms with Crippen LogP contribution in [0.4, 0.5) is 0 Å². The number of hydrogen-bond acceptors (Lipinski definition) is 2. The SMILES string of the molecule is CC1CCCC(NC(=O)C2CC(N)CCC2C)C1. The van der Waals surface area contributed by atoms with Crippen molar-refractivity contribution >= 4 is 5.91 Å². The van der Waals surface area contributed by atoms with Crippen LogP contribution in [-0.2, 0) is 4.79 Å². The lowest BCUT2D eigenvalue weighted by Crippen LogP contribution is -2.46. The molecule has 0 heterocycles. The first-order valence-corrected chi connectivity index (χ1v) is 7.62. The molecule has 1 amide bonds. The number of rotatable bonds is 2. The van der Waals surface area contributed by atoms with Gasteiger partial charge in [0.15, 0.2) is 0 Å². The van der Waals surface area contributed by atoms with Crippen LogP contribution in [0.25, 0.3) is 0 Å². The normalized spacial score (nSPS) is 41.4. The molecule has 2 saturated carbocycles. The lowest BCUT2D eigenvalue weighted by atomic mass is 9.77. The van der Waals surface area contributed by atoms with E-state index >= 15 is 0 Å². The van der Waals surface area contributed by atoms with Gasteiger partial charge in [-0.15, -0.1) is 0 Å². The van der Waals surface area contributed by atoms with Crippen molar-refractivity contribution < 1.29 is 4.79 Å². The quantitative estimate of drug-likeness (QED) is 0.793. The monoisotopic (exact) mass is 252 g/mol. The van der Waals surface area contributed by atoms with Crippen molar-refractivity contribution in [3.63, 3.8) is 0 Å². The van der Waals surface area contributed by atoms with E-state index in [-0.39, 0.29) is 17.9 Å². The van der Waals surface area contributed by atoms with E-state index in [2.05, 4.69) is 19.2 Å².